The van der Waals surface area contributed by atoms with E-state index in [1.807, 2.05) is 0 Å². The second-order valence-electron chi connectivity index (χ2n) is 4.13. The van der Waals surface area contributed by atoms with Crippen LogP contribution in [0.5, 0.6) is 0 Å². The van der Waals surface area contributed by atoms with Gasteiger partial charge in [-0.2, -0.15) is 0 Å². The first-order valence-corrected chi connectivity index (χ1v) is 5.36. The zero-order chi connectivity index (χ0) is 9.10. The monoisotopic (exact) mass is 185 g/mol. The van der Waals surface area contributed by atoms with Gasteiger partial charge in [-0.15, -0.1) is 0 Å². The Morgan fingerprint density at radius 2 is 1.92 bits per heavy atom. The third kappa shape index (κ3) is 2.42. The van der Waals surface area contributed by atoms with Gasteiger partial charge < -0.3 is 9.84 Å². The van der Waals surface area contributed by atoms with Crippen LogP contribution in [-0.4, -0.2) is 48.5 Å². The Balaban J connectivity index is 1.83. The zero-order valence-corrected chi connectivity index (χ0v) is 8.11. The standard InChI is InChI=1S/C10H19NO2/c12-10-2-1-5-11(8-10)9-3-6-13-7-4-9/h9-10,12H,1-8H2/t10-/m1/s1. The third-order valence-electron chi connectivity index (χ3n) is 3.14. The van der Waals surface area contributed by atoms with E-state index in [1.165, 1.54) is 6.54 Å². The van der Waals surface area contributed by atoms with Gasteiger partial charge in [0.25, 0.3) is 0 Å². The molecule has 0 aliphatic carbocycles. The lowest BCUT2D eigenvalue weighted by Crippen LogP contribution is -2.46. The fraction of sp³-hybridized carbons (Fsp3) is 1.00. The topological polar surface area (TPSA) is 32.7 Å². The van der Waals surface area contributed by atoms with Crippen LogP contribution in [0.1, 0.15) is 25.7 Å². The Morgan fingerprint density at radius 1 is 1.15 bits per heavy atom. The molecule has 2 heterocycles. The normalized spacial score (nSPS) is 33.5. The summed E-state index contributed by atoms with van der Waals surface area (Å²) in [6.07, 6.45) is 4.34. The van der Waals surface area contributed by atoms with Crippen molar-refractivity contribution in [3.63, 3.8) is 0 Å². The second kappa shape index (κ2) is 4.40. The molecule has 3 nitrogen and oxygen atoms in total. The van der Waals surface area contributed by atoms with Gasteiger partial charge >= 0.3 is 0 Å². The van der Waals surface area contributed by atoms with E-state index in [0.29, 0.717) is 6.04 Å². The first-order valence-electron chi connectivity index (χ1n) is 5.36. The molecule has 0 amide bonds. The Labute approximate surface area is 79.7 Å². The largest absolute Gasteiger partial charge is 0.392 e. The van der Waals surface area contributed by atoms with Crippen molar-refractivity contribution in [3.05, 3.63) is 0 Å². The SMILES string of the molecule is O[C@@H]1CCCN(C2CCOCC2)C1. The van der Waals surface area contributed by atoms with Crippen molar-refractivity contribution in [2.45, 2.75) is 37.8 Å². The van der Waals surface area contributed by atoms with E-state index in [2.05, 4.69) is 4.90 Å². The lowest BCUT2D eigenvalue weighted by Gasteiger charge is -2.38. The summed E-state index contributed by atoms with van der Waals surface area (Å²) in [7, 11) is 0. The van der Waals surface area contributed by atoms with Gasteiger partial charge in [-0.3, -0.25) is 4.90 Å². The summed E-state index contributed by atoms with van der Waals surface area (Å²) in [5.74, 6) is 0. The molecule has 0 aromatic carbocycles. The number of hydrogen-bond acceptors (Lipinski definition) is 3. The highest BCUT2D eigenvalue weighted by atomic mass is 16.5. The minimum absolute atomic E-state index is 0.0865. The molecule has 1 atom stereocenters. The molecule has 2 saturated heterocycles. The van der Waals surface area contributed by atoms with Gasteiger partial charge in [-0.25, -0.2) is 0 Å². The fourth-order valence-corrected chi connectivity index (χ4v) is 2.37. The maximum atomic E-state index is 9.54. The van der Waals surface area contributed by atoms with Gasteiger partial charge in [0, 0.05) is 25.8 Å². The summed E-state index contributed by atoms with van der Waals surface area (Å²) < 4.78 is 5.33. The van der Waals surface area contributed by atoms with Crippen LogP contribution in [0.15, 0.2) is 0 Å². The lowest BCUT2D eigenvalue weighted by atomic mass is 10.0. The zero-order valence-electron chi connectivity index (χ0n) is 8.11. The Morgan fingerprint density at radius 3 is 2.62 bits per heavy atom. The van der Waals surface area contributed by atoms with Crippen LogP contribution < -0.4 is 0 Å². The van der Waals surface area contributed by atoms with E-state index in [0.717, 1.165) is 45.4 Å². The average Bonchev–Trinajstić information content (AvgIpc) is 2.19. The molecule has 2 aliphatic rings. The molecule has 1 N–H and O–H groups in total. The van der Waals surface area contributed by atoms with Crippen LogP contribution in [-0.2, 0) is 4.74 Å². The van der Waals surface area contributed by atoms with E-state index in [4.69, 9.17) is 4.74 Å². The number of piperidine rings is 1. The van der Waals surface area contributed by atoms with E-state index in [-0.39, 0.29) is 6.10 Å². The molecule has 0 spiro atoms. The molecular formula is C10H19NO2. The number of hydrogen-bond donors (Lipinski definition) is 1. The van der Waals surface area contributed by atoms with Gasteiger partial charge in [0.2, 0.25) is 0 Å². The van der Waals surface area contributed by atoms with Gasteiger partial charge in [-0.1, -0.05) is 0 Å². The number of nitrogens with zero attached hydrogens (tertiary/aromatic N) is 1. The highest BCUT2D eigenvalue weighted by Crippen LogP contribution is 2.19. The average molecular weight is 185 g/mol. The van der Waals surface area contributed by atoms with Crippen LogP contribution in [0.3, 0.4) is 0 Å². The minimum Gasteiger partial charge on any atom is -0.392 e. The smallest absolute Gasteiger partial charge is 0.0667 e. The van der Waals surface area contributed by atoms with Gasteiger partial charge in [-0.05, 0) is 32.2 Å². The number of likely N-dealkylation sites (tertiary alicyclic amines) is 1. The van der Waals surface area contributed by atoms with Crippen molar-refractivity contribution >= 4 is 0 Å². The Bertz CT molecular complexity index is 157. The first-order chi connectivity index (χ1) is 6.36. The quantitative estimate of drug-likeness (QED) is 0.650. The summed E-state index contributed by atoms with van der Waals surface area (Å²) in [5.41, 5.74) is 0. The number of rotatable bonds is 1. The maximum absolute atomic E-state index is 9.54. The van der Waals surface area contributed by atoms with Gasteiger partial charge in [0.05, 0.1) is 6.10 Å². The number of aliphatic hydroxyl groups is 1. The minimum atomic E-state index is -0.0865. The van der Waals surface area contributed by atoms with Crippen LogP contribution in [0, 0.1) is 0 Å². The van der Waals surface area contributed by atoms with E-state index >= 15 is 0 Å². The Kier molecular flexibility index (Phi) is 3.19. The molecule has 2 aliphatic heterocycles. The highest BCUT2D eigenvalue weighted by molar-refractivity contribution is 4.80. The lowest BCUT2D eigenvalue weighted by molar-refractivity contribution is -0.00395. The van der Waals surface area contributed by atoms with Gasteiger partial charge in [0.15, 0.2) is 0 Å². The molecule has 0 bridgehead atoms. The molecule has 76 valence electrons. The molecule has 13 heavy (non-hydrogen) atoms. The molecule has 2 rings (SSSR count). The van der Waals surface area contributed by atoms with Crippen molar-refractivity contribution in [1.29, 1.82) is 0 Å². The predicted molar refractivity (Wildman–Crippen MR) is 50.7 cm³/mol. The van der Waals surface area contributed by atoms with Crippen molar-refractivity contribution in [2.24, 2.45) is 0 Å². The van der Waals surface area contributed by atoms with E-state index in [9.17, 15) is 5.11 Å². The van der Waals surface area contributed by atoms with Crippen LogP contribution in [0.25, 0.3) is 0 Å². The molecule has 2 fully saturated rings. The molecule has 3 heteroatoms. The third-order valence-corrected chi connectivity index (χ3v) is 3.14. The summed E-state index contributed by atoms with van der Waals surface area (Å²) in [6.45, 7) is 3.85. The van der Waals surface area contributed by atoms with Crippen LogP contribution >= 0.6 is 0 Å². The molecule has 0 saturated carbocycles. The molecule has 0 radical (unpaired) electrons. The second-order valence-corrected chi connectivity index (χ2v) is 4.13. The van der Waals surface area contributed by atoms with Gasteiger partial charge in [0.1, 0.15) is 0 Å². The summed E-state index contributed by atoms with van der Waals surface area (Å²) >= 11 is 0. The maximum Gasteiger partial charge on any atom is 0.0667 e. The van der Waals surface area contributed by atoms with E-state index in [1.54, 1.807) is 0 Å². The van der Waals surface area contributed by atoms with E-state index < -0.39 is 0 Å². The molecule has 0 unspecified atom stereocenters. The van der Waals surface area contributed by atoms with Crippen LogP contribution in [0.2, 0.25) is 0 Å². The number of aliphatic hydroxyl groups excluding tert-OH is 1. The highest BCUT2D eigenvalue weighted by Gasteiger charge is 2.25. The summed E-state index contributed by atoms with van der Waals surface area (Å²) in [5, 5.41) is 9.54. The number of β-amino-alcohol motifs (C(OH)–C–C–N with tert-alkyl or cyclic N) is 1. The summed E-state index contributed by atoms with van der Waals surface area (Å²) in [6, 6.07) is 0.670. The van der Waals surface area contributed by atoms with Crippen LogP contribution in [0.4, 0.5) is 0 Å². The number of ether oxygens (including phenoxy) is 1. The fourth-order valence-electron chi connectivity index (χ4n) is 2.37. The van der Waals surface area contributed by atoms with Crippen molar-refractivity contribution in [1.82, 2.24) is 4.90 Å². The van der Waals surface area contributed by atoms with Crippen molar-refractivity contribution < 1.29 is 9.84 Å². The summed E-state index contributed by atoms with van der Waals surface area (Å²) in [4.78, 5) is 2.44. The molecular weight excluding hydrogens is 166 g/mol. The first kappa shape index (κ1) is 9.44. The molecule has 0 aromatic rings. The van der Waals surface area contributed by atoms with Crippen molar-refractivity contribution in [3.8, 4) is 0 Å². The predicted octanol–water partition coefficient (Wildman–Crippen LogP) is 0.622. The molecule has 0 aromatic heterocycles. The Hall–Kier alpha value is -0.120. The van der Waals surface area contributed by atoms with Crippen molar-refractivity contribution in [2.75, 3.05) is 26.3 Å².